The van der Waals surface area contributed by atoms with E-state index < -0.39 is 10.0 Å². The van der Waals surface area contributed by atoms with E-state index >= 15 is 0 Å². The molecule has 0 aliphatic heterocycles. The van der Waals surface area contributed by atoms with Gasteiger partial charge in [-0.3, -0.25) is 4.79 Å². The van der Waals surface area contributed by atoms with Gasteiger partial charge < -0.3 is 15.8 Å². The van der Waals surface area contributed by atoms with Gasteiger partial charge in [-0.2, -0.15) is 0 Å². The number of halogens is 1. The summed E-state index contributed by atoms with van der Waals surface area (Å²) in [6, 6.07) is 6.45. The van der Waals surface area contributed by atoms with Crippen molar-refractivity contribution in [3.05, 3.63) is 29.8 Å². The van der Waals surface area contributed by atoms with E-state index in [0.717, 1.165) is 25.7 Å². The lowest BCUT2D eigenvalue weighted by Crippen LogP contribution is -2.53. The highest BCUT2D eigenvalue weighted by Gasteiger charge is 2.39. The normalized spacial score (nSPS) is 26.9. The average molecular weight is 432 g/mol. The molecular formula is C19H30ClN3O4S. The van der Waals surface area contributed by atoms with Crippen molar-refractivity contribution in [2.45, 2.75) is 49.1 Å². The summed E-state index contributed by atoms with van der Waals surface area (Å²) < 4.78 is 31.7. The molecule has 1 amide bonds. The Morgan fingerprint density at radius 3 is 2.36 bits per heavy atom. The summed E-state index contributed by atoms with van der Waals surface area (Å²) >= 11 is 0. The Balaban J connectivity index is 0.00000280. The minimum atomic E-state index is -3.60. The lowest BCUT2D eigenvalue weighted by atomic mass is 9.67. The molecule has 0 saturated heterocycles. The highest BCUT2D eigenvalue weighted by atomic mass is 35.5. The van der Waals surface area contributed by atoms with Crippen molar-refractivity contribution in [2.75, 3.05) is 20.3 Å². The minimum Gasteiger partial charge on any atom is -0.383 e. The number of benzene rings is 1. The zero-order chi connectivity index (χ0) is 19.4. The third-order valence-corrected chi connectivity index (χ3v) is 7.18. The second-order valence-electron chi connectivity index (χ2n) is 7.60. The van der Waals surface area contributed by atoms with Crippen molar-refractivity contribution in [1.29, 1.82) is 0 Å². The first kappa shape index (κ1) is 23.1. The van der Waals surface area contributed by atoms with Crippen LogP contribution >= 0.6 is 12.4 Å². The fraction of sp³-hybridized carbons (Fsp3) is 0.632. The largest absolute Gasteiger partial charge is 0.383 e. The molecule has 1 aromatic rings. The summed E-state index contributed by atoms with van der Waals surface area (Å²) in [5.41, 5.74) is 6.62. The summed E-state index contributed by atoms with van der Waals surface area (Å²) in [6.07, 6.45) is 5.35. The van der Waals surface area contributed by atoms with E-state index in [2.05, 4.69) is 10.0 Å². The molecule has 7 nitrogen and oxygen atoms in total. The standard InChI is InChI=1S/C19H29N3O4S.ClH/c1-26-10-9-21-27(24,25)17-7-5-13(6-8-17)19(23)22-18-14-3-2-4-15(18)12-16(20)11-14;/h5-8,14-16,18,21H,2-4,9-12,20H2,1H3,(H,22,23);1H. The summed E-state index contributed by atoms with van der Waals surface area (Å²) in [6.45, 7) is 0.501. The number of sulfonamides is 1. The maximum atomic E-state index is 12.7. The quantitative estimate of drug-likeness (QED) is 0.569. The van der Waals surface area contributed by atoms with E-state index in [4.69, 9.17) is 10.5 Å². The molecule has 4 N–H and O–H groups in total. The zero-order valence-corrected chi connectivity index (χ0v) is 17.7. The van der Waals surface area contributed by atoms with Crippen LogP contribution in [0.1, 0.15) is 42.5 Å². The van der Waals surface area contributed by atoms with Gasteiger partial charge in [-0.1, -0.05) is 6.42 Å². The van der Waals surface area contributed by atoms with E-state index in [1.165, 1.54) is 25.7 Å². The molecule has 1 aromatic carbocycles. The molecule has 2 fully saturated rings. The fourth-order valence-electron chi connectivity index (χ4n) is 4.41. The van der Waals surface area contributed by atoms with Crippen LogP contribution in [0.2, 0.25) is 0 Å². The van der Waals surface area contributed by atoms with E-state index in [9.17, 15) is 13.2 Å². The van der Waals surface area contributed by atoms with Crippen LogP contribution in [-0.2, 0) is 14.8 Å². The Morgan fingerprint density at radius 1 is 1.18 bits per heavy atom. The number of hydrogen-bond acceptors (Lipinski definition) is 5. The number of nitrogens with two attached hydrogens (primary N) is 1. The second-order valence-corrected chi connectivity index (χ2v) is 9.36. The van der Waals surface area contributed by atoms with E-state index in [0.29, 0.717) is 24.0 Å². The first-order valence-electron chi connectivity index (χ1n) is 9.56. The molecule has 0 aromatic heterocycles. The SMILES string of the molecule is COCCNS(=O)(=O)c1ccc(C(=O)NC2C3CCCC2CC(N)C3)cc1.Cl. The minimum absolute atomic E-state index is 0. The molecule has 3 rings (SSSR count). The molecule has 0 heterocycles. The highest BCUT2D eigenvalue weighted by Crippen LogP contribution is 2.39. The lowest BCUT2D eigenvalue weighted by molar-refractivity contribution is 0.0756. The Morgan fingerprint density at radius 2 is 1.79 bits per heavy atom. The molecule has 28 heavy (non-hydrogen) atoms. The number of carbonyl (C=O) groups is 1. The van der Waals surface area contributed by atoms with Crippen LogP contribution in [0.15, 0.2) is 29.2 Å². The molecule has 2 unspecified atom stereocenters. The third kappa shape index (κ3) is 5.45. The Labute approximate surface area is 173 Å². The third-order valence-electron chi connectivity index (χ3n) is 5.70. The number of carbonyl (C=O) groups excluding carboxylic acids is 1. The van der Waals surface area contributed by atoms with Crippen molar-refractivity contribution in [3.63, 3.8) is 0 Å². The van der Waals surface area contributed by atoms with Crippen LogP contribution < -0.4 is 15.8 Å². The van der Waals surface area contributed by atoms with Crippen molar-refractivity contribution in [3.8, 4) is 0 Å². The molecule has 2 bridgehead atoms. The van der Waals surface area contributed by atoms with Gasteiger partial charge >= 0.3 is 0 Å². The predicted octanol–water partition coefficient (Wildman–Crippen LogP) is 1.67. The molecule has 0 radical (unpaired) electrons. The zero-order valence-electron chi connectivity index (χ0n) is 16.1. The number of fused-ring (bicyclic) bond motifs is 2. The van der Waals surface area contributed by atoms with Crippen LogP contribution in [0.3, 0.4) is 0 Å². The predicted molar refractivity (Wildman–Crippen MR) is 110 cm³/mol. The molecule has 2 saturated carbocycles. The molecule has 2 atom stereocenters. The Hall–Kier alpha value is -1.19. The molecular weight excluding hydrogens is 402 g/mol. The van der Waals surface area contributed by atoms with Gasteiger partial charge in [0.05, 0.1) is 11.5 Å². The smallest absolute Gasteiger partial charge is 0.251 e. The lowest BCUT2D eigenvalue weighted by Gasteiger charge is -2.45. The maximum Gasteiger partial charge on any atom is 0.251 e. The van der Waals surface area contributed by atoms with E-state index in [1.807, 2.05) is 0 Å². The van der Waals surface area contributed by atoms with Crippen molar-refractivity contribution >= 4 is 28.3 Å². The van der Waals surface area contributed by atoms with Crippen molar-refractivity contribution in [2.24, 2.45) is 17.6 Å². The monoisotopic (exact) mass is 431 g/mol. The Kier molecular flexibility index (Phi) is 8.27. The molecule has 9 heteroatoms. The molecule has 158 valence electrons. The van der Waals surface area contributed by atoms with Gasteiger partial charge in [0.1, 0.15) is 0 Å². The average Bonchev–Trinajstić information content (AvgIpc) is 2.62. The Bertz CT molecular complexity index is 743. The summed E-state index contributed by atoms with van der Waals surface area (Å²) in [5, 5.41) is 3.18. The number of methoxy groups -OCH3 is 1. The summed E-state index contributed by atoms with van der Waals surface area (Å²) in [5.74, 6) is 0.742. The van der Waals surface area contributed by atoms with Crippen molar-refractivity contribution < 1.29 is 17.9 Å². The summed E-state index contributed by atoms with van der Waals surface area (Å²) in [4.78, 5) is 12.8. The van der Waals surface area contributed by atoms with Gasteiger partial charge in [0, 0.05) is 31.3 Å². The first-order chi connectivity index (χ1) is 12.9. The molecule has 2 aliphatic rings. The van der Waals surface area contributed by atoms with E-state index in [1.54, 1.807) is 12.1 Å². The van der Waals surface area contributed by atoms with Crippen LogP contribution in [0.4, 0.5) is 0 Å². The first-order valence-corrected chi connectivity index (χ1v) is 11.0. The van der Waals surface area contributed by atoms with Crippen LogP contribution in [0.5, 0.6) is 0 Å². The van der Waals surface area contributed by atoms with Gasteiger partial charge in [0.2, 0.25) is 10.0 Å². The van der Waals surface area contributed by atoms with Crippen LogP contribution in [0, 0.1) is 11.8 Å². The van der Waals surface area contributed by atoms with Crippen LogP contribution in [0.25, 0.3) is 0 Å². The van der Waals surface area contributed by atoms with Gasteiger partial charge in [-0.25, -0.2) is 13.1 Å². The fourth-order valence-corrected chi connectivity index (χ4v) is 5.42. The van der Waals surface area contributed by atoms with Crippen molar-refractivity contribution in [1.82, 2.24) is 10.0 Å². The number of ether oxygens (including phenoxy) is 1. The molecule has 0 spiro atoms. The summed E-state index contributed by atoms with van der Waals surface area (Å²) in [7, 11) is -2.09. The van der Waals surface area contributed by atoms with Gasteiger partial charge in [0.25, 0.3) is 5.91 Å². The number of amides is 1. The van der Waals surface area contributed by atoms with Gasteiger partial charge in [0.15, 0.2) is 0 Å². The highest BCUT2D eigenvalue weighted by molar-refractivity contribution is 7.89. The molecule has 2 aliphatic carbocycles. The second kappa shape index (κ2) is 10.0. The van der Waals surface area contributed by atoms with Crippen LogP contribution in [-0.4, -0.2) is 46.7 Å². The number of rotatable bonds is 7. The maximum absolute atomic E-state index is 12.7. The van der Waals surface area contributed by atoms with Gasteiger partial charge in [-0.05, 0) is 61.8 Å². The number of hydrogen-bond donors (Lipinski definition) is 3. The number of nitrogens with one attached hydrogen (secondary N) is 2. The van der Waals surface area contributed by atoms with E-state index in [-0.39, 0.29) is 41.8 Å². The van der Waals surface area contributed by atoms with Gasteiger partial charge in [-0.15, -0.1) is 12.4 Å². The topological polar surface area (TPSA) is 111 Å².